The van der Waals surface area contributed by atoms with Gasteiger partial charge in [-0.1, -0.05) is 6.42 Å². The molecule has 5 heteroatoms. The summed E-state index contributed by atoms with van der Waals surface area (Å²) in [5.41, 5.74) is 0. The van der Waals surface area contributed by atoms with Crippen molar-refractivity contribution in [1.82, 2.24) is 9.80 Å². The maximum atomic E-state index is 12.0. The van der Waals surface area contributed by atoms with Gasteiger partial charge in [0.25, 0.3) is 0 Å². The fraction of sp³-hybridized carbons (Fsp3) is 0.938. The van der Waals surface area contributed by atoms with E-state index in [2.05, 4.69) is 4.90 Å². The molecule has 3 aliphatic rings. The molecule has 2 atom stereocenters. The van der Waals surface area contributed by atoms with Gasteiger partial charge < -0.3 is 14.4 Å². The summed E-state index contributed by atoms with van der Waals surface area (Å²) in [5, 5.41) is 0. The number of rotatable bonds is 3. The molecule has 1 saturated carbocycles. The Morgan fingerprint density at radius 2 is 2.05 bits per heavy atom. The van der Waals surface area contributed by atoms with Crippen molar-refractivity contribution in [3.05, 3.63) is 0 Å². The number of likely N-dealkylation sites (tertiary alicyclic amines) is 1. The van der Waals surface area contributed by atoms with E-state index in [1.807, 2.05) is 14.1 Å². The van der Waals surface area contributed by atoms with Gasteiger partial charge in [0.15, 0.2) is 5.79 Å². The number of hydrogen-bond donors (Lipinski definition) is 0. The highest BCUT2D eigenvalue weighted by Crippen LogP contribution is 2.38. The zero-order valence-electron chi connectivity index (χ0n) is 13.3. The van der Waals surface area contributed by atoms with Crippen molar-refractivity contribution in [2.24, 2.45) is 5.92 Å². The van der Waals surface area contributed by atoms with Crippen LogP contribution in [0, 0.1) is 5.92 Å². The van der Waals surface area contributed by atoms with Crippen LogP contribution in [-0.4, -0.2) is 67.9 Å². The van der Waals surface area contributed by atoms with E-state index >= 15 is 0 Å². The Labute approximate surface area is 127 Å². The maximum Gasteiger partial charge on any atom is 0.226 e. The van der Waals surface area contributed by atoms with Crippen molar-refractivity contribution in [3.63, 3.8) is 0 Å². The first kappa shape index (κ1) is 15.3. The fourth-order valence-corrected chi connectivity index (χ4v) is 3.91. The number of carbonyl (C=O) groups excluding carboxylic acids is 1. The predicted molar refractivity (Wildman–Crippen MR) is 79.9 cm³/mol. The molecule has 1 spiro atoms. The number of amides is 1. The summed E-state index contributed by atoms with van der Waals surface area (Å²) in [6.45, 7) is 3.47. The second kappa shape index (κ2) is 6.23. The van der Waals surface area contributed by atoms with Crippen LogP contribution in [0.5, 0.6) is 0 Å². The van der Waals surface area contributed by atoms with E-state index in [-0.39, 0.29) is 23.7 Å². The van der Waals surface area contributed by atoms with E-state index in [1.54, 1.807) is 4.90 Å². The van der Waals surface area contributed by atoms with E-state index in [4.69, 9.17) is 9.47 Å². The first-order valence-corrected chi connectivity index (χ1v) is 8.33. The molecule has 2 aliphatic heterocycles. The SMILES string of the molecule is CN(C)C(=O)C1CCN(CC2COC3(CCCCC3)O2)C1. The van der Waals surface area contributed by atoms with Crippen LogP contribution in [0.25, 0.3) is 0 Å². The summed E-state index contributed by atoms with van der Waals surface area (Å²) in [4.78, 5) is 16.1. The molecule has 0 aromatic rings. The quantitative estimate of drug-likeness (QED) is 0.791. The lowest BCUT2D eigenvalue weighted by molar-refractivity contribution is -0.188. The van der Waals surface area contributed by atoms with Crippen molar-refractivity contribution in [1.29, 1.82) is 0 Å². The molecule has 1 aliphatic carbocycles. The van der Waals surface area contributed by atoms with E-state index in [1.165, 1.54) is 19.3 Å². The van der Waals surface area contributed by atoms with Gasteiger partial charge in [0.05, 0.1) is 18.6 Å². The highest BCUT2D eigenvalue weighted by molar-refractivity contribution is 5.78. The third-order valence-corrected chi connectivity index (χ3v) is 5.05. The van der Waals surface area contributed by atoms with Crippen molar-refractivity contribution in [2.45, 2.75) is 50.4 Å². The Hall–Kier alpha value is -0.650. The molecule has 0 radical (unpaired) electrons. The average Bonchev–Trinajstić information content (AvgIpc) is 3.07. The molecule has 2 unspecified atom stereocenters. The number of ether oxygens (including phenoxy) is 2. The van der Waals surface area contributed by atoms with Gasteiger partial charge in [-0.2, -0.15) is 0 Å². The van der Waals surface area contributed by atoms with Gasteiger partial charge in [-0.3, -0.25) is 9.69 Å². The monoisotopic (exact) mass is 296 g/mol. The molecule has 0 aromatic heterocycles. The number of nitrogens with zero attached hydrogens (tertiary/aromatic N) is 2. The first-order valence-electron chi connectivity index (χ1n) is 8.33. The summed E-state index contributed by atoms with van der Waals surface area (Å²) in [5.74, 6) is 0.136. The van der Waals surface area contributed by atoms with Crippen molar-refractivity contribution in [3.8, 4) is 0 Å². The largest absolute Gasteiger partial charge is 0.349 e. The molecule has 0 N–H and O–H groups in total. The lowest BCUT2D eigenvalue weighted by Crippen LogP contribution is -2.37. The Balaban J connectivity index is 1.47. The summed E-state index contributed by atoms with van der Waals surface area (Å²) >= 11 is 0. The van der Waals surface area contributed by atoms with E-state index in [9.17, 15) is 4.79 Å². The zero-order chi connectivity index (χ0) is 14.9. The summed E-state index contributed by atoms with van der Waals surface area (Å²) < 4.78 is 12.2. The number of carbonyl (C=O) groups is 1. The minimum absolute atomic E-state index is 0.158. The molecule has 0 aromatic carbocycles. The highest BCUT2D eigenvalue weighted by Gasteiger charge is 2.43. The Morgan fingerprint density at radius 3 is 2.76 bits per heavy atom. The van der Waals surface area contributed by atoms with Crippen LogP contribution in [-0.2, 0) is 14.3 Å². The van der Waals surface area contributed by atoms with Crippen molar-refractivity contribution in [2.75, 3.05) is 40.3 Å². The normalized spacial score (nSPS) is 32.7. The van der Waals surface area contributed by atoms with Gasteiger partial charge in [0.2, 0.25) is 5.91 Å². The molecule has 5 nitrogen and oxygen atoms in total. The lowest BCUT2D eigenvalue weighted by atomic mass is 9.94. The average molecular weight is 296 g/mol. The van der Waals surface area contributed by atoms with Crippen LogP contribution in [0.3, 0.4) is 0 Å². The van der Waals surface area contributed by atoms with Crippen molar-refractivity contribution < 1.29 is 14.3 Å². The molecule has 0 bridgehead atoms. The lowest BCUT2D eigenvalue weighted by Gasteiger charge is -2.32. The predicted octanol–water partition coefficient (Wildman–Crippen LogP) is 1.47. The van der Waals surface area contributed by atoms with Crippen LogP contribution in [0.1, 0.15) is 38.5 Å². The molecule has 1 amide bonds. The molecule has 21 heavy (non-hydrogen) atoms. The van der Waals surface area contributed by atoms with Crippen LogP contribution in [0.4, 0.5) is 0 Å². The molecule has 3 rings (SSSR count). The Bertz CT molecular complexity index is 380. The third-order valence-electron chi connectivity index (χ3n) is 5.05. The minimum Gasteiger partial charge on any atom is -0.349 e. The van der Waals surface area contributed by atoms with Crippen LogP contribution in [0.15, 0.2) is 0 Å². The second-order valence-corrected chi connectivity index (χ2v) is 7.00. The molecular weight excluding hydrogens is 268 g/mol. The van der Waals surface area contributed by atoms with Gasteiger partial charge in [-0.05, 0) is 25.8 Å². The smallest absolute Gasteiger partial charge is 0.226 e. The minimum atomic E-state index is -0.276. The van der Waals surface area contributed by atoms with Crippen molar-refractivity contribution >= 4 is 5.91 Å². The molecular formula is C16H28N2O3. The molecule has 120 valence electrons. The van der Waals surface area contributed by atoms with Crippen LogP contribution >= 0.6 is 0 Å². The summed E-state index contributed by atoms with van der Waals surface area (Å²) in [6, 6.07) is 0. The van der Waals surface area contributed by atoms with Gasteiger partial charge in [-0.25, -0.2) is 0 Å². The Morgan fingerprint density at radius 1 is 1.29 bits per heavy atom. The topological polar surface area (TPSA) is 42.0 Å². The molecule has 3 fully saturated rings. The van der Waals surface area contributed by atoms with E-state index in [0.717, 1.165) is 38.9 Å². The van der Waals surface area contributed by atoms with Gasteiger partial charge in [0.1, 0.15) is 0 Å². The van der Waals surface area contributed by atoms with Crippen LogP contribution in [0.2, 0.25) is 0 Å². The van der Waals surface area contributed by atoms with E-state index in [0.29, 0.717) is 6.61 Å². The Kier molecular flexibility index (Phi) is 4.52. The summed E-state index contributed by atoms with van der Waals surface area (Å²) in [7, 11) is 3.68. The highest BCUT2D eigenvalue weighted by atomic mass is 16.7. The summed E-state index contributed by atoms with van der Waals surface area (Å²) in [6.07, 6.45) is 6.98. The maximum absolute atomic E-state index is 12.0. The standard InChI is InChI=1S/C16H28N2O3/c1-17(2)15(19)13-6-9-18(10-13)11-14-12-20-16(21-14)7-4-3-5-8-16/h13-14H,3-12H2,1-2H3. The van der Waals surface area contributed by atoms with Crippen LogP contribution < -0.4 is 0 Å². The van der Waals surface area contributed by atoms with Gasteiger partial charge >= 0.3 is 0 Å². The second-order valence-electron chi connectivity index (χ2n) is 7.00. The molecule has 2 saturated heterocycles. The first-order chi connectivity index (χ1) is 10.1. The van der Waals surface area contributed by atoms with Gasteiger partial charge in [-0.15, -0.1) is 0 Å². The third kappa shape index (κ3) is 3.41. The van der Waals surface area contributed by atoms with E-state index < -0.39 is 0 Å². The van der Waals surface area contributed by atoms with Gasteiger partial charge in [0, 0.05) is 40.0 Å². The number of hydrogen-bond acceptors (Lipinski definition) is 4. The fourth-order valence-electron chi connectivity index (χ4n) is 3.91. The zero-order valence-corrected chi connectivity index (χ0v) is 13.3. The molecule has 2 heterocycles.